The second-order valence-electron chi connectivity index (χ2n) is 6.54. The molecule has 2 nitrogen and oxygen atoms in total. The number of nitrogens with two attached hydrogens (primary N) is 1. The van der Waals surface area contributed by atoms with E-state index in [4.69, 9.17) is 22.1 Å². The van der Waals surface area contributed by atoms with E-state index in [-0.39, 0.29) is 17.5 Å². The van der Waals surface area contributed by atoms with E-state index in [0.717, 1.165) is 37.9 Å². The lowest BCUT2D eigenvalue weighted by Crippen LogP contribution is -2.44. The maximum absolute atomic E-state index is 13.2. The smallest absolute Gasteiger partial charge is 0.124 e. The van der Waals surface area contributed by atoms with E-state index in [0.29, 0.717) is 10.9 Å². The van der Waals surface area contributed by atoms with Crippen LogP contribution in [0.25, 0.3) is 0 Å². The van der Waals surface area contributed by atoms with Gasteiger partial charge in [-0.3, -0.25) is 0 Å². The molecule has 1 aromatic carbocycles. The van der Waals surface area contributed by atoms with Crippen molar-refractivity contribution in [2.75, 3.05) is 6.61 Å². The first-order valence-corrected chi connectivity index (χ1v) is 8.32. The van der Waals surface area contributed by atoms with Gasteiger partial charge < -0.3 is 10.5 Å². The Balaban J connectivity index is 1.76. The van der Waals surface area contributed by atoms with Crippen LogP contribution in [0.3, 0.4) is 0 Å². The van der Waals surface area contributed by atoms with Crippen molar-refractivity contribution < 1.29 is 9.13 Å². The fourth-order valence-electron chi connectivity index (χ4n) is 3.94. The zero-order chi connectivity index (χ0) is 14.9. The van der Waals surface area contributed by atoms with Crippen LogP contribution in [0.4, 0.5) is 4.39 Å². The fourth-order valence-corrected chi connectivity index (χ4v) is 4.24. The molecule has 3 rings (SSSR count). The minimum absolute atomic E-state index is 0.0330. The topological polar surface area (TPSA) is 35.2 Å². The summed E-state index contributed by atoms with van der Waals surface area (Å²) < 4.78 is 19.3. The van der Waals surface area contributed by atoms with Crippen molar-refractivity contribution in [3.05, 3.63) is 34.6 Å². The van der Waals surface area contributed by atoms with Crippen LogP contribution in [0.15, 0.2) is 18.2 Å². The van der Waals surface area contributed by atoms with Gasteiger partial charge in [0.05, 0.1) is 5.60 Å². The molecule has 2 unspecified atom stereocenters. The molecule has 2 N–H and O–H groups in total. The minimum atomic E-state index is -0.313. The highest BCUT2D eigenvalue weighted by molar-refractivity contribution is 6.31. The summed E-state index contributed by atoms with van der Waals surface area (Å²) in [5, 5.41) is 0.437. The summed E-state index contributed by atoms with van der Waals surface area (Å²) in [6.07, 6.45) is 8.06. The van der Waals surface area contributed by atoms with Gasteiger partial charge in [-0.1, -0.05) is 36.9 Å². The molecule has 1 aromatic rings. The van der Waals surface area contributed by atoms with E-state index >= 15 is 0 Å². The molecule has 1 saturated heterocycles. The van der Waals surface area contributed by atoms with E-state index in [1.165, 1.54) is 31.4 Å². The molecular weight excluding hydrogens is 289 g/mol. The third kappa shape index (κ3) is 3.25. The third-order valence-corrected chi connectivity index (χ3v) is 5.45. The molecule has 116 valence electrons. The van der Waals surface area contributed by atoms with Crippen LogP contribution in [0.1, 0.15) is 56.6 Å². The molecule has 1 aliphatic carbocycles. The van der Waals surface area contributed by atoms with Crippen LogP contribution < -0.4 is 5.73 Å². The van der Waals surface area contributed by atoms with Gasteiger partial charge >= 0.3 is 0 Å². The van der Waals surface area contributed by atoms with Gasteiger partial charge in [0.15, 0.2) is 0 Å². The van der Waals surface area contributed by atoms with Crippen molar-refractivity contribution in [1.29, 1.82) is 0 Å². The maximum Gasteiger partial charge on any atom is 0.124 e. The predicted octanol–water partition coefficient (Wildman–Crippen LogP) is 4.61. The minimum Gasteiger partial charge on any atom is -0.375 e. The van der Waals surface area contributed by atoms with Crippen LogP contribution in [-0.2, 0) is 4.74 Å². The second-order valence-corrected chi connectivity index (χ2v) is 6.94. The Kier molecular flexibility index (Phi) is 4.53. The van der Waals surface area contributed by atoms with Crippen LogP contribution >= 0.6 is 11.6 Å². The van der Waals surface area contributed by atoms with Gasteiger partial charge in [-0.15, -0.1) is 0 Å². The average molecular weight is 312 g/mol. The second kappa shape index (κ2) is 6.23. The summed E-state index contributed by atoms with van der Waals surface area (Å²) in [4.78, 5) is 0. The van der Waals surface area contributed by atoms with Gasteiger partial charge in [0, 0.05) is 17.7 Å². The number of benzene rings is 1. The zero-order valence-corrected chi connectivity index (χ0v) is 13.0. The summed E-state index contributed by atoms with van der Waals surface area (Å²) in [6, 6.07) is 4.38. The lowest BCUT2D eigenvalue weighted by atomic mass is 9.73. The molecular formula is C17H23ClFNO. The molecule has 1 saturated carbocycles. The quantitative estimate of drug-likeness (QED) is 0.865. The number of ether oxygens (including phenoxy) is 1. The molecule has 1 heterocycles. The van der Waals surface area contributed by atoms with E-state index in [2.05, 4.69) is 0 Å². The van der Waals surface area contributed by atoms with E-state index in [1.807, 2.05) is 0 Å². The molecule has 0 bridgehead atoms. The first-order valence-electron chi connectivity index (χ1n) is 7.94. The van der Waals surface area contributed by atoms with Crippen molar-refractivity contribution in [2.45, 2.75) is 56.6 Å². The number of hydrogen-bond donors (Lipinski definition) is 1. The van der Waals surface area contributed by atoms with Crippen LogP contribution in [0.2, 0.25) is 5.02 Å². The molecule has 0 amide bonds. The van der Waals surface area contributed by atoms with Gasteiger partial charge in [-0.25, -0.2) is 4.39 Å². The highest BCUT2D eigenvalue weighted by atomic mass is 35.5. The van der Waals surface area contributed by atoms with E-state index in [9.17, 15) is 4.39 Å². The Hall–Kier alpha value is -0.640. The molecule has 2 fully saturated rings. The number of halogens is 2. The summed E-state index contributed by atoms with van der Waals surface area (Å²) in [5.74, 6) is 0.0477. The fraction of sp³-hybridized carbons (Fsp3) is 0.647. The van der Waals surface area contributed by atoms with Crippen molar-refractivity contribution >= 4 is 11.6 Å². The standard InChI is InChI=1S/C17H23ClFNO/c18-15-10-13(19)4-5-14(15)16(20)12-6-9-21-17(11-12)7-2-1-3-8-17/h4-5,10,12,16H,1-3,6-9,11,20H2. The largest absolute Gasteiger partial charge is 0.375 e. The first-order chi connectivity index (χ1) is 10.1. The van der Waals surface area contributed by atoms with Crippen molar-refractivity contribution in [3.63, 3.8) is 0 Å². The van der Waals surface area contributed by atoms with Crippen LogP contribution in [0, 0.1) is 11.7 Å². The molecule has 4 heteroatoms. The van der Waals surface area contributed by atoms with Gasteiger partial charge in [0.1, 0.15) is 5.82 Å². The Bertz CT molecular complexity index is 496. The van der Waals surface area contributed by atoms with Crippen molar-refractivity contribution in [2.24, 2.45) is 11.7 Å². The monoisotopic (exact) mass is 311 g/mol. The Morgan fingerprint density at radius 2 is 2.05 bits per heavy atom. The predicted molar refractivity (Wildman–Crippen MR) is 82.8 cm³/mol. The lowest BCUT2D eigenvalue weighted by molar-refractivity contribution is -0.120. The highest BCUT2D eigenvalue weighted by Crippen LogP contribution is 2.44. The summed E-state index contributed by atoms with van der Waals surface area (Å²) in [7, 11) is 0. The lowest BCUT2D eigenvalue weighted by Gasteiger charge is -2.45. The third-order valence-electron chi connectivity index (χ3n) is 5.13. The van der Waals surface area contributed by atoms with Gasteiger partial charge in [-0.05, 0) is 49.3 Å². The highest BCUT2D eigenvalue weighted by Gasteiger charge is 2.40. The van der Waals surface area contributed by atoms with Crippen molar-refractivity contribution in [3.8, 4) is 0 Å². The van der Waals surface area contributed by atoms with Crippen LogP contribution in [-0.4, -0.2) is 12.2 Å². The molecule has 2 aliphatic rings. The Morgan fingerprint density at radius 1 is 1.29 bits per heavy atom. The molecule has 0 aromatic heterocycles. The van der Waals surface area contributed by atoms with E-state index in [1.54, 1.807) is 6.07 Å². The van der Waals surface area contributed by atoms with Gasteiger partial charge in [0.2, 0.25) is 0 Å². The number of hydrogen-bond acceptors (Lipinski definition) is 2. The van der Waals surface area contributed by atoms with Gasteiger partial charge in [-0.2, -0.15) is 0 Å². The van der Waals surface area contributed by atoms with Crippen molar-refractivity contribution in [1.82, 2.24) is 0 Å². The Morgan fingerprint density at radius 3 is 2.76 bits per heavy atom. The molecule has 21 heavy (non-hydrogen) atoms. The molecule has 1 spiro atoms. The number of rotatable bonds is 2. The maximum atomic E-state index is 13.2. The van der Waals surface area contributed by atoms with Crippen LogP contribution in [0.5, 0.6) is 0 Å². The first kappa shape index (κ1) is 15.3. The molecule has 2 atom stereocenters. The Labute approximate surface area is 130 Å². The summed E-state index contributed by atoms with van der Waals surface area (Å²) in [5.41, 5.74) is 7.34. The summed E-state index contributed by atoms with van der Waals surface area (Å²) in [6.45, 7) is 0.775. The van der Waals surface area contributed by atoms with E-state index < -0.39 is 0 Å². The molecule has 0 radical (unpaired) electrons. The molecule has 1 aliphatic heterocycles. The van der Waals surface area contributed by atoms with Gasteiger partial charge in [0.25, 0.3) is 0 Å². The SMILES string of the molecule is NC(c1ccc(F)cc1Cl)C1CCOC2(CCCCC2)C1. The summed E-state index contributed by atoms with van der Waals surface area (Å²) >= 11 is 6.17. The normalized spacial score (nSPS) is 26.7. The average Bonchev–Trinajstić information content (AvgIpc) is 2.47. The zero-order valence-electron chi connectivity index (χ0n) is 12.3.